The summed E-state index contributed by atoms with van der Waals surface area (Å²) in [6.07, 6.45) is 0.422. The fourth-order valence-electron chi connectivity index (χ4n) is 9.52. The molecule has 0 aliphatic carbocycles. The van der Waals surface area contributed by atoms with E-state index in [1.807, 2.05) is 79.7 Å². The lowest BCUT2D eigenvalue weighted by Crippen LogP contribution is -2.56. The minimum absolute atomic E-state index is 0.0684. The Labute approximate surface area is 350 Å². The number of rotatable bonds is 9. The summed E-state index contributed by atoms with van der Waals surface area (Å²) in [5.41, 5.74) is 6.49. The van der Waals surface area contributed by atoms with Crippen LogP contribution < -0.4 is 18.9 Å². The Morgan fingerprint density at radius 3 is 1.48 bits per heavy atom. The first-order valence-corrected chi connectivity index (χ1v) is 20.2. The van der Waals surface area contributed by atoms with Gasteiger partial charge in [-0.05, 0) is 65.2 Å². The van der Waals surface area contributed by atoms with Gasteiger partial charge < -0.3 is 48.2 Å². The van der Waals surface area contributed by atoms with Gasteiger partial charge >= 0.3 is 11.9 Å². The van der Waals surface area contributed by atoms with Crippen molar-refractivity contribution in [1.82, 2.24) is 24.7 Å². The van der Waals surface area contributed by atoms with Gasteiger partial charge in [0.1, 0.15) is 12.1 Å². The summed E-state index contributed by atoms with van der Waals surface area (Å²) in [4.78, 5) is 69.6. The van der Waals surface area contributed by atoms with Crippen molar-refractivity contribution in [2.75, 3.05) is 47.4 Å². The zero-order valence-corrected chi connectivity index (χ0v) is 33.8. The van der Waals surface area contributed by atoms with E-state index >= 15 is 9.59 Å². The third-order valence-corrected chi connectivity index (χ3v) is 12.4. The summed E-state index contributed by atoms with van der Waals surface area (Å²) < 4.78 is 33.5. The van der Waals surface area contributed by atoms with Crippen LogP contribution in [0, 0.1) is 0 Å². The van der Waals surface area contributed by atoms with Gasteiger partial charge in [0.05, 0.1) is 39.4 Å². The number of amides is 2. The molecule has 4 atom stereocenters. The minimum Gasteiger partial charge on any atom is -0.467 e. The van der Waals surface area contributed by atoms with Crippen LogP contribution in [-0.2, 0) is 41.5 Å². The van der Waals surface area contributed by atoms with E-state index in [0.717, 1.165) is 44.3 Å². The number of ether oxygens (including phenoxy) is 6. The second kappa shape index (κ2) is 15.2. The molecule has 6 heterocycles. The number of aromatic nitrogens is 2. The van der Waals surface area contributed by atoms with Crippen molar-refractivity contribution in [2.45, 2.75) is 43.9 Å². The standard InChI is InChI=1S/C46H43N5O10/c1-4-49(21-39(52)50-33(45(54)56-2)19-29-27-9-5-7-11-31(27)47-41(29)43(50)25-13-15-35-37(17-25)60-23-58-35)22-40(53)51-34(46(55)57-3)20-30-28-10-6-8-12-32(28)48-42(30)44(51)26-14-16-36-38(18-26)61-24-59-36/h5-18,33-34,43-44,47-48H,4,19-24H2,1-3H3/t33-,34-,43-,44-/m1/s1. The van der Waals surface area contributed by atoms with Crippen LogP contribution in [0.15, 0.2) is 84.9 Å². The van der Waals surface area contributed by atoms with Gasteiger partial charge in [0.2, 0.25) is 25.4 Å². The van der Waals surface area contributed by atoms with Crippen LogP contribution in [0.5, 0.6) is 23.0 Å². The van der Waals surface area contributed by atoms with Crippen LogP contribution in [0.3, 0.4) is 0 Å². The first-order chi connectivity index (χ1) is 29.8. The van der Waals surface area contributed by atoms with Gasteiger partial charge in [0.25, 0.3) is 0 Å². The van der Waals surface area contributed by atoms with Crippen molar-refractivity contribution in [3.05, 3.63) is 119 Å². The maximum absolute atomic E-state index is 15.1. The predicted octanol–water partition coefficient (Wildman–Crippen LogP) is 5.16. The molecule has 0 radical (unpaired) electrons. The number of para-hydroxylation sites is 2. The molecule has 2 N–H and O–H groups in total. The maximum Gasteiger partial charge on any atom is 0.328 e. The lowest BCUT2D eigenvalue weighted by atomic mass is 9.87. The molecule has 61 heavy (non-hydrogen) atoms. The van der Waals surface area contributed by atoms with E-state index in [0.29, 0.717) is 40.7 Å². The molecule has 6 aromatic rings. The van der Waals surface area contributed by atoms with Gasteiger partial charge in [0, 0.05) is 46.0 Å². The summed E-state index contributed by atoms with van der Waals surface area (Å²) >= 11 is 0. The first-order valence-electron chi connectivity index (χ1n) is 20.2. The topological polar surface area (TPSA) is 165 Å². The van der Waals surface area contributed by atoms with Gasteiger partial charge in [-0.25, -0.2) is 9.59 Å². The number of nitrogens with zero attached hydrogens (tertiary/aromatic N) is 3. The number of hydrogen-bond acceptors (Lipinski definition) is 11. The lowest BCUT2D eigenvalue weighted by molar-refractivity contribution is -0.157. The molecule has 2 amide bonds. The molecule has 0 saturated heterocycles. The number of methoxy groups -OCH3 is 2. The SMILES string of the molecule is CCN(CC(=O)N1[C@H](c2ccc3c(c2)OCO3)c2[nH]c3ccccc3c2C[C@@H]1C(=O)OC)CC(=O)N1[C@H](c2ccc3c(c2)OCO3)c2[nH]c3ccccc3c2C[C@@H]1C(=O)OC. The number of esters is 2. The molecule has 4 aliphatic heterocycles. The minimum atomic E-state index is -0.990. The Balaban J connectivity index is 1.02. The summed E-state index contributed by atoms with van der Waals surface area (Å²) in [5, 5.41) is 1.89. The Morgan fingerprint density at radius 2 is 1.05 bits per heavy atom. The van der Waals surface area contributed by atoms with Crippen LogP contribution >= 0.6 is 0 Å². The third-order valence-electron chi connectivity index (χ3n) is 12.4. The van der Waals surface area contributed by atoms with Crippen LogP contribution in [0.25, 0.3) is 21.8 Å². The zero-order valence-electron chi connectivity index (χ0n) is 33.8. The fraction of sp³-hybridized carbons (Fsp3) is 0.304. The Kier molecular flexibility index (Phi) is 9.54. The van der Waals surface area contributed by atoms with Gasteiger partial charge in [-0.15, -0.1) is 0 Å². The molecule has 10 rings (SSSR count). The third kappa shape index (κ3) is 6.38. The Bertz CT molecular complexity index is 2560. The highest BCUT2D eigenvalue weighted by Crippen LogP contribution is 2.46. The van der Waals surface area contributed by atoms with Gasteiger partial charge in [-0.2, -0.15) is 0 Å². The summed E-state index contributed by atoms with van der Waals surface area (Å²) in [6, 6.07) is 23.2. The number of likely N-dealkylation sites (N-methyl/N-ethyl adjacent to an activating group) is 1. The summed E-state index contributed by atoms with van der Waals surface area (Å²) in [5.74, 6) is 0.289. The normalized spacial score (nSPS) is 19.9. The molecule has 4 aliphatic rings. The second-order valence-electron chi connectivity index (χ2n) is 15.5. The van der Waals surface area contributed by atoms with Gasteiger partial charge in [-0.1, -0.05) is 55.5 Å². The van der Waals surface area contributed by atoms with Crippen molar-refractivity contribution >= 4 is 45.6 Å². The van der Waals surface area contributed by atoms with E-state index in [2.05, 4.69) is 9.97 Å². The number of nitrogens with one attached hydrogen (secondary N) is 2. The van der Waals surface area contributed by atoms with Crippen molar-refractivity contribution in [3.8, 4) is 23.0 Å². The van der Waals surface area contributed by atoms with Gasteiger partial charge in [-0.3, -0.25) is 14.5 Å². The van der Waals surface area contributed by atoms with E-state index in [1.165, 1.54) is 14.2 Å². The number of benzene rings is 4. The molecule has 2 aromatic heterocycles. The van der Waals surface area contributed by atoms with Gasteiger partial charge in [0.15, 0.2) is 23.0 Å². The number of carbonyl (C=O) groups excluding carboxylic acids is 4. The molecule has 312 valence electrons. The summed E-state index contributed by atoms with van der Waals surface area (Å²) in [7, 11) is 2.63. The van der Waals surface area contributed by atoms with Crippen molar-refractivity contribution in [2.24, 2.45) is 0 Å². The molecule has 0 saturated carbocycles. The smallest absolute Gasteiger partial charge is 0.328 e. The molecule has 0 unspecified atom stereocenters. The van der Waals surface area contributed by atoms with E-state index in [-0.39, 0.29) is 39.5 Å². The van der Waals surface area contributed by atoms with Crippen LogP contribution in [0.4, 0.5) is 0 Å². The number of hydrogen-bond donors (Lipinski definition) is 2. The predicted molar refractivity (Wildman–Crippen MR) is 220 cm³/mol. The molecule has 15 heteroatoms. The molecular weight excluding hydrogens is 783 g/mol. The number of carbonyl (C=O) groups is 4. The molecular formula is C46H43N5O10. The fourth-order valence-corrected chi connectivity index (χ4v) is 9.52. The zero-order chi connectivity index (χ0) is 41.9. The molecule has 0 spiro atoms. The van der Waals surface area contributed by atoms with E-state index in [1.54, 1.807) is 26.8 Å². The Morgan fingerprint density at radius 1 is 0.623 bits per heavy atom. The van der Waals surface area contributed by atoms with E-state index in [4.69, 9.17) is 28.4 Å². The lowest BCUT2D eigenvalue weighted by Gasteiger charge is -2.43. The number of aromatic amines is 2. The van der Waals surface area contributed by atoms with E-state index in [9.17, 15) is 9.59 Å². The molecule has 0 fully saturated rings. The summed E-state index contributed by atoms with van der Waals surface area (Å²) in [6.45, 7) is 1.84. The maximum atomic E-state index is 15.1. The second-order valence-corrected chi connectivity index (χ2v) is 15.5. The van der Waals surface area contributed by atoms with Crippen molar-refractivity contribution < 1.29 is 47.6 Å². The average Bonchev–Trinajstić information content (AvgIpc) is 4.11. The molecule has 15 nitrogen and oxygen atoms in total. The van der Waals surface area contributed by atoms with Crippen LogP contribution in [0.1, 0.15) is 52.6 Å². The van der Waals surface area contributed by atoms with Crippen molar-refractivity contribution in [3.63, 3.8) is 0 Å². The van der Waals surface area contributed by atoms with Crippen LogP contribution in [-0.4, -0.2) is 108 Å². The van der Waals surface area contributed by atoms with Crippen molar-refractivity contribution in [1.29, 1.82) is 0 Å². The molecule has 4 aromatic carbocycles. The highest BCUT2D eigenvalue weighted by atomic mass is 16.7. The highest BCUT2D eigenvalue weighted by molar-refractivity contribution is 5.93. The highest BCUT2D eigenvalue weighted by Gasteiger charge is 2.47. The number of H-pyrrole nitrogens is 2. The largest absolute Gasteiger partial charge is 0.467 e. The monoisotopic (exact) mass is 825 g/mol. The Hall–Kier alpha value is -7.00. The number of fused-ring (bicyclic) bond motifs is 8. The quantitative estimate of drug-likeness (QED) is 0.185. The van der Waals surface area contributed by atoms with Crippen LogP contribution in [0.2, 0.25) is 0 Å². The average molecular weight is 826 g/mol. The first kappa shape index (κ1) is 38.2. The molecule has 0 bridgehead atoms. The van der Waals surface area contributed by atoms with E-state index < -0.39 is 47.9 Å².